The van der Waals surface area contributed by atoms with Crippen LogP contribution < -0.4 is 19.1 Å². The molecule has 0 heterocycles. The molecule has 37 heavy (non-hydrogen) atoms. The average molecular weight is 534 g/mol. The second-order valence-electron chi connectivity index (χ2n) is 9.07. The normalized spacial score (nSPS) is 12.1. The number of carbonyl (C=O) groups is 2. The summed E-state index contributed by atoms with van der Waals surface area (Å²) in [5.41, 5.74) is 1.24. The van der Waals surface area contributed by atoms with Gasteiger partial charge < -0.3 is 19.7 Å². The lowest BCUT2D eigenvalue weighted by atomic mass is 10.1. The van der Waals surface area contributed by atoms with Crippen LogP contribution in [0.15, 0.2) is 48.5 Å². The van der Waals surface area contributed by atoms with Gasteiger partial charge in [-0.2, -0.15) is 0 Å². The maximum absolute atomic E-state index is 13.5. The van der Waals surface area contributed by atoms with Crippen molar-refractivity contribution < 1.29 is 27.5 Å². The highest BCUT2D eigenvalue weighted by Crippen LogP contribution is 2.30. The zero-order valence-corrected chi connectivity index (χ0v) is 23.4. The number of amides is 2. The van der Waals surface area contributed by atoms with Crippen LogP contribution in [-0.4, -0.2) is 64.2 Å². The Hall–Kier alpha value is -3.27. The molecule has 0 fully saturated rings. The van der Waals surface area contributed by atoms with Crippen molar-refractivity contribution in [1.29, 1.82) is 0 Å². The van der Waals surface area contributed by atoms with Crippen LogP contribution in [0.2, 0.25) is 0 Å². The van der Waals surface area contributed by atoms with E-state index >= 15 is 0 Å². The smallest absolute Gasteiger partial charge is 0.243 e. The summed E-state index contributed by atoms with van der Waals surface area (Å²) >= 11 is 0. The summed E-state index contributed by atoms with van der Waals surface area (Å²) in [6.07, 6.45) is 1.89. The van der Waals surface area contributed by atoms with E-state index in [9.17, 15) is 18.0 Å². The summed E-state index contributed by atoms with van der Waals surface area (Å²) < 4.78 is 37.0. The van der Waals surface area contributed by atoms with Crippen LogP contribution in [0.4, 0.5) is 5.69 Å². The SMILES string of the molecule is CC[C@@H](C(=O)NC(C)C)N(Cc1cccc(OC)c1)C(=O)CCCN(c1ccccc1OC)S(C)(=O)=O. The number of rotatable bonds is 14. The van der Waals surface area contributed by atoms with Crippen LogP contribution in [-0.2, 0) is 26.2 Å². The zero-order chi connectivity index (χ0) is 27.6. The quantitative estimate of drug-likeness (QED) is 0.398. The second-order valence-corrected chi connectivity index (χ2v) is 11.0. The maximum atomic E-state index is 13.5. The summed E-state index contributed by atoms with van der Waals surface area (Å²) in [6, 6.07) is 13.5. The third-order valence-electron chi connectivity index (χ3n) is 5.81. The van der Waals surface area contributed by atoms with Gasteiger partial charge >= 0.3 is 0 Å². The van der Waals surface area contributed by atoms with Gasteiger partial charge in [0, 0.05) is 25.6 Å². The fourth-order valence-electron chi connectivity index (χ4n) is 4.09. The minimum absolute atomic E-state index is 0.0661. The second kappa shape index (κ2) is 13.9. The highest BCUT2D eigenvalue weighted by Gasteiger charge is 2.29. The number of sulfonamides is 1. The van der Waals surface area contributed by atoms with Crippen molar-refractivity contribution in [3.05, 3.63) is 54.1 Å². The summed E-state index contributed by atoms with van der Waals surface area (Å²) in [5, 5.41) is 2.91. The number of hydrogen-bond donors (Lipinski definition) is 1. The highest BCUT2D eigenvalue weighted by atomic mass is 32.2. The first-order chi connectivity index (χ1) is 17.5. The van der Waals surface area contributed by atoms with E-state index in [1.54, 1.807) is 36.3 Å². The molecule has 0 saturated heterocycles. The molecule has 204 valence electrons. The Kier molecular flexibility index (Phi) is 11.2. The minimum Gasteiger partial charge on any atom is -0.497 e. The van der Waals surface area contributed by atoms with Gasteiger partial charge in [0.25, 0.3) is 0 Å². The van der Waals surface area contributed by atoms with E-state index in [-0.39, 0.29) is 43.8 Å². The summed E-state index contributed by atoms with van der Waals surface area (Å²) in [7, 11) is -0.572. The molecule has 1 atom stereocenters. The van der Waals surface area contributed by atoms with Crippen LogP contribution in [0, 0.1) is 0 Å². The number of methoxy groups -OCH3 is 2. The molecule has 0 unspecified atom stereocenters. The Morgan fingerprint density at radius 2 is 1.73 bits per heavy atom. The van der Waals surface area contributed by atoms with Crippen molar-refractivity contribution in [2.24, 2.45) is 0 Å². The molecule has 9 nitrogen and oxygen atoms in total. The maximum Gasteiger partial charge on any atom is 0.243 e. The summed E-state index contributed by atoms with van der Waals surface area (Å²) in [4.78, 5) is 28.1. The predicted molar refractivity (Wildman–Crippen MR) is 145 cm³/mol. The predicted octanol–water partition coefficient (Wildman–Crippen LogP) is 3.58. The molecule has 0 aliphatic heterocycles. The lowest BCUT2D eigenvalue weighted by molar-refractivity contribution is -0.141. The Morgan fingerprint density at radius 3 is 2.32 bits per heavy atom. The van der Waals surface area contributed by atoms with Crippen LogP contribution in [0.1, 0.15) is 45.6 Å². The van der Waals surface area contributed by atoms with Crippen LogP contribution in [0.25, 0.3) is 0 Å². The molecule has 0 spiro atoms. The Balaban J connectivity index is 2.26. The minimum atomic E-state index is -3.62. The van der Waals surface area contributed by atoms with Crippen molar-refractivity contribution in [3.8, 4) is 11.5 Å². The number of para-hydroxylation sites is 2. The van der Waals surface area contributed by atoms with E-state index in [0.29, 0.717) is 23.6 Å². The Morgan fingerprint density at radius 1 is 1.03 bits per heavy atom. The van der Waals surface area contributed by atoms with E-state index < -0.39 is 16.1 Å². The fraction of sp³-hybridized carbons (Fsp3) is 0.481. The van der Waals surface area contributed by atoms with Crippen molar-refractivity contribution >= 4 is 27.5 Å². The molecule has 0 bridgehead atoms. The molecule has 0 radical (unpaired) electrons. The first-order valence-electron chi connectivity index (χ1n) is 12.3. The van der Waals surface area contributed by atoms with Crippen molar-refractivity contribution in [3.63, 3.8) is 0 Å². The van der Waals surface area contributed by atoms with Crippen LogP contribution in [0.5, 0.6) is 11.5 Å². The molecule has 0 aliphatic carbocycles. The molecule has 1 N–H and O–H groups in total. The fourth-order valence-corrected chi connectivity index (χ4v) is 5.05. The summed E-state index contributed by atoms with van der Waals surface area (Å²) in [6.45, 7) is 5.92. The van der Waals surface area contributed by atoms with Crippen LogP contribution in [0.3, 0.4) is 0 Å². The highest BCUT2D eigenvalue weighted by molar-refractivity contribution is 7.92. The van der Waals surface area contributed by atoms with E-state index in [4.69, 9.17) is 9.47 Å². The van der Waals surface area contributed by atoms with Crippen molar-refractivity contribution in [2.45, 2.75) is 58.7 Å². The standard InChI is InChI=1S/C27H39N3O6S/c1-7-23(27(32)28-20(2)3)29(19-21-12-10-13-22(18-21)35-4)26(31)16-11-17-30(37(6,33)34)24-14-8-9-15-25(24)36-5/h8-10,12-15,18,20,23H,7,11,16-17,19H2,1-6H3,(H,28,32)/t23-/m0/s1. The van der Waals surface area contributed by atoms with E-state index in [1.165, 1.54) is 11.4 Å². The van der Waals surface area contributed by atoms with Gasteiger partial charge in [0.1, 0.15) is 17.5 Å². The van der Waals surface area contributed by atoms with E-state index in [1.807, 2.05) is 45.0 Å². The van der Waals surface area contributed by atoms with Gasteiger partial charge in [0.05, 0.1) is 26.2 Å². The van der Waals surface area contributed by atoms with Gasteiger partial charge in [-0.15, -0.1) is 0 Å². The number of carbonyl (C=O) groups excluding carboxylic acids is 2. The van der Waals surface area contributed by atoms with Gasteiger partial charge in [-0.05, 0) is 56.5 Å². The molecule has 0 aliphatic rings. The van der Waals surface area contributed by atoms with E-state index in [0.717, 1.165) is 11.8 Å². The van der Waals surface area contributed by atoms with Gasteiger partial charge in [-0.1, -0.05) is 31.2 Å². The van der Waals surface area contributed by atoms with E-state index in [2.05, 4.69) is 5.32 Å². The monoisotopic (exact) mass is 533 g/mol. The lowest BCUT2D eigenvalue weighted by Crippen LogP contribution is -2.50. The van der Waals surface area contributed by atoms with Gasteiger partial charge in [-0.3, -0.25) is 13.9 Å². The molecular formula is C27H39N3O6S. The third-order valence-corrected chi connectivity index (χ3v) is 6.99. The van der Waals surface area contributed by atoms with Crippen molar-refractivity contribution in [2.75, 3.05) is 31.3 Å². The molecule has 2 aromatic carbocycles. The van der Waals surface area contributed by atoms with Gasteiger partial charge in [0.2, 0.25) is 21.8 Å². The number of nitrogens with one attached hydrogen (secondary N) is 1. The van der Waals surface area contributed by atoms with Crippen LogP contribution >= 0.6 is 0 Å². The Labute approximate surface area is 220 Å². The van der Waals surface area contributed by atoms with Crippen molar-refractivity contribution in [1.82, 2.24) is 10.2 Å². The molecule has 0 saturated carbocycles. The molecule has 2 rings (SSSR count). The van der Waals surface area contributed by atoms with Gasteiger partial charge in [-0.25, -0.2) is 8.42 Å². The number of nitrogens with zero attached hydrogens (tertiary/aromatic N) is 2. The molecule has 0 aromatic heterocycles. The third kappa shape index (κ3) is 8.66. The molecule has 2 aromatic rings. The molecular weight excluding hydrogens is 494 g/mol. The molecule has 10 heteroatoms. The topological polar surface area (TPSA) is 105 Å². The Bertz CT molecular complexity index is 1150. The number of benzene rings is 2. The number of ether oxygens (including phenoxy) is 2. The summed E-state index contributed by atoms with van der Waals surface area (Å²) in [5.74, 6) is 0.628. The largest absolute Gasteiger partial charge is 0.497 e. The number of hydrogen-bond acceptors (Lipinski definition) is 6. The van der Waals surface area contributed by atoms with Gasteiger partial charge in [0.15, 0.2) is 0 Å². The number of anilines is 1. The first-order valence-corrected chi connectivity index (χ1v) is 14.2. The average Bonchev–Trinajstić information content (AvgIpc) is 2.85. The first kappa shape index (κ1) is 30.0. The zero-order valence-electron chi connectivity index (χ0n) is 22.6. The lowest BCUT2D eigenvalue weighted by Gasteiger charge is -2.31. The molecule has 2 amide bonds.